The number of carbonyl (C=O) groups is 1. The molecule has 38 heavy (non-hydrogen) atoms. The van der Waals surface area contributed by atoms with Gasteiger partial charge in [0.2, 0.25) is 0 Å². The van der Waals surface area contributed by atoms with Crippen LogP contribution in [-0.4, -0.2) is 42.2 Å². The van der Waals surface area contributed by atoms with Gasteiger partial charge in [0.15, 0.2) is 0 Å². The Balaban J connectivity index is 1.44. The molecule has 1 heterocycles. The molecule has 3 aromatic rings. The number of para-hydroxylation sites is 1. The molecule has 4 rings (SSSR count). The Hall–Kier alpha value is -3.28. The number of carbonyl (C=O) groups excluding carboxylic acids is 1. The second kappa shape index (κ2) is 10.5. The summed E-state index contributed by atoms with van der Waals surface area (Å²) in [7, 11) is 4.12. The summed E-state index contributed by atoms with van der Waals surface area (Å²) in [4.78, 5) is 20.3. The van der Waals surface area contributed by atoms with E-state index in [1.165, 1.54) is 0 Å². The maximum atomic E-state index is 13.4. The Labute approximate surface area is 227 Å². The lowest BCUT2D eigenvalue weighted by Gasteiger charge is -2.31. The van der Waals surface area contributed by atoms with E-state index in [0.717, 1.165) is 59.2 Å². The number of hydrogen-bond acceptors (Lipinski definition) is 5. The molecular formula is C32H44N4O2. The van der Waals surface area contributed by atoms with Crippen molar-refractivity contribution in [3.8, 4) is 5.75 Å². The minimum Gasteiger partial charge on any atom is -0.507 e. The number of pyridine rings is 1. The molecule has 3 N–H and O–H groups in total. The number of aromatic nitrogens is 1. The molecule has 1 fully saturated rings. The lowest BCUT2D eigenvalue weighted by molar-refractivity contribution is 0.0926. The van der Waals surface area contributed by atoms with Crippen LogP contribution in [0.15, 0.2) is 42.5 Å². The van der Waals surface area contributed by atoms with E-state index in [4.69, 9.17) is 4.98 Å². The minimum atomic E-state index is -0.270. The highest BCUT2D eigenvalue weighted by molar-refractivity contribution is 5.95. The second-order valence-corrected chi connectivity index (χ2v) is 13.0. The summed E-state index contributed by atoms with van der Waals surface area (Å²) in [6.45, 7) is 12.4. The second-order valence-electron chi connectivity index (χ2n) is 13.0. The van der Waals surface area contributed by atoms with E-state index >= 15 is 0 Å². The molecule has 2 aromatic carbocycles. The standard InChI is InChI=1S/C32H44N4O2/c1-31(2,3)24-17-20(18-25(29(24)37)32(4,5)6)30(38)34-22-15-13-21(14-16-22)33-28-19-27(36(7)8)23-11-9-10-12-26(23)35-28/h9-12,17-19,21-22,37H,13-16H2,1-8H3,(H,33,35)(H,34,38). The van der Waals surface area contributed by atoms with Gasteiger partial charge in [-0.3, -0.25) is 4.79 Å². The third-order valence-electron chi connectivity index (χ3n) is 7.58. The van der Waals surface area contributed by atoms with Crippen molar-refractivity contribution in [1.82, 2.24) is 10.3 Å². The zero-order valence-corrected chi connectivity index (χ0v) is 24.3. The molecule has 1 amide bonds. The van der Waals surface area contributed by atoms with E-state index in [1.54, 1.807) is 0 Å². The van der Waals surface area contributed by atoms with E-state index in [-0.39, 0.29) is 22.8 Å². The normalized spacial score (nSPS) is 18.3. The Morgan fingerprint density at radius 3 is 2.00 bits per heavy atom. The molecule has 1 aliphatic rings. The van der Waals surface area contributed by atoms with Crippen LogP contribution in [0.2, 0.25) is 0 Å². The number of benzene rings is 2. The molecule has 0 spiro atoms. The van der Waals surface area contributed by atoms with Crippen molar-refractivity contribution < 1.29 is 9.90 Å². The van der Waals surface area contributed by atoms with Crippen LogP contribution in [-0.2, 0) is 10.8 Å². The Bertz CT molecular complexity index is 1270. The molecule has 0 atom stereocenters. The molecule has 0 unspecified atom stereocenters. The van der Waals surface area contributed by atoms with E-state index in [2.05, 4.69) is 89.4 Å². The smallest absolute Gasteiger partial charge is 0.251 e. The van der Waals surface area contributed by atoms with Crippen LogP contribution in [0.5, 0.6) is 5.75 Å². The maximum Gasteiger partial charge on any atom is 0.251 e. The Kier molecular flexibility index (Phi) is 7.64. The van der Waals surface area contributed by atoms with Gasteiger partial charge in [-0.25, -0.2) is 4.98 Å². The van der Waals surface area contributed by atoms with E-state index in [1.807, 2.05) is 24.3 Å². The fourth-order valence-corrected chi connectivity index (χ4v) is 5.37. The number of fused-ring (bicyclic) bond motifs is 1. The summed E-state index contributed by atoms with van der Waals surface area (Å²) >= 11 is 0. The number of phenolic OH excluding ortho intramolecular Hbond substituents is 1. The van der Waals surface area contributed by atoms with Gasteiger partial charge >= 0.3 is 0 Å². The number of hydrogen-bond donors (Lipinski definition) is 3. The highest BCUT2D eigenvalue weighted by atomic mass is 16.3. The third kappa shape index (κ3) is 6.06. The molecule has 6 heteroatoms. The molecule has 0 radical (unpaired) electrons. The molecule has 1 saturated carbocycles. The SMILES string of the molecule is CN(C)c1cc(NC2CCC(NC(=O)c3cc(C(C)(C)C)c(O)c(C(C)(C)C)c3)CC2)nc2ccccc12. The van der Waals surface area contributed by atoms with Crippen LogP contribution in [0.4, 0.5) is 11.5 Å². The molecule has 1 aliphatic carbocycles. The van der Waals surface area contributed by atoms with Crippen LogP contribution in [0.25, 0.3) is 10.9 Å². The minimum absolute atomic E-state index is 0.0655. The van der Waals surface area contributed by atoms with Gasteiger partial charge in [-0.15, -0.1) is 0 Å². The molecule has 0 aliphatic heterocycles. The van der Waals surface area contributed by atoms with Crippen LogP contribution < -0.4 is 15.5 Å². The predicted octanol–water partition coefficient (Wildman–Crippen LogP) is 6.75. The summed E-state index contributed by atoms with van der Waals surface area (Å²) in [6.07, 6.45) is 3.75. The first-order chi connectivity index (χ1) is 17.7. The predicted molar refractivity (Wildman–Crippen MR) is 159 cm³/mol. The first kappa shape index (κ1) is 27.7. The molecular weight excluding hydrogens is 472 g/mol. The number of anilines is 2. The number of nitrogens with one attached hydrogen (secondary N) is 2. The fourth-order valence-electron chi connectivity index (χ4n) is 5.37. The third-order valence-corrected chi connectivity index (χ3v) is 7.58. The molecule has 1 aromatic heterocycles. The summed E-state index contributed by atoms with van der Waals surface area (Å²) < 4.78 is 0. The first-order valence-electron chi connectivity index (χ1n) is 13.8. The van der Waals surface area contributed by atoms with Gasteiger partial charge in [-0.1, -0.05) is 59.7 Å². The quantitative estimate of drug-likeness (QED) is 0.349. The van der Waals surface area contributed by atoms with Gasteiger partial charge < -0.3 is 20.6 Å². The van der Waals surface area contributed by atoms with Crippen LogP contribution in [0.1, 0.15) is 88.7 Å². The van der Waals surface area contributed by atoms with E-state index in [9.17, 15) is 9.90 Å². The summed E-state index contributed by atoms with van der Waals surface area (Å²) in [5.74, 6) is 1.13. The molecule has 0 saturated heterocycles. The van der Waals surface area contributed by atoms with Crippen molar-refractivity contribution in [2.75, 3.05) is 24.3 Å². The highest BCUT2D eigenvalue weighted by Gasteiger charge is 2.29. The topological polar surface area (TPSA) is 77.5 Å². The lowest BCUT2D eigenvalue weighted by atomic mass is 9.78. The van der Waals surface area contributed by atoms with Gasteiger partial charge in [0, 0.05) is 60.0 Å². The Morgan fingerprint density at radius 2 is 1.45 bits per heavy atom. The Morgan fingerprint density at radius 1 is 0.895 bits per heavy atom. The van der Waals surface area contributed by atoms with E-state index in [0.29, 0.717) is 17.4 Å². The van der Waals surface area contributed by atoms with Gasteiger partial charge in [0.05, 0.1) is 5.52 Å². The highest BCUT2D eigenvalue weighted by Crippen LogP contribution is 2.40. The monoisotopic (exact) mass is 516 g/mol. The number of phenols is 1. The van der Waals surface area contributed by atoms with Gasteiger partial charge in [-0.05, 0) is 54.7 Å². The lowest BCUT2D eigenvalue weighted by Crippen LogP contribution is -2.40. The summed E-state index contributed by atoms with van der Waals surface area (Å²) in [6, 6.07) is 14.5. The van der Waals surface area contributed by atoms with Crippen molar-refractivity contribution in [2.45, 2.75) is 90.1 Å². The molecule has 204 valence electrons. The molecule has 6 nitrogen and oxygen atoms in total. The van der Waals surface area contributed by atoms with Crippen molar-refractivity contribution in [2.24, 2.45) is 0 Å². The van der Waals surface area contributed by atoms with Crippen molar-refractivity contribution in [3.63, 3.8) is 0 Å². The zero-order valence-electron chi connectivity index (χ0n) is 24.3. The summed E-state index contributed by atoms with van der Waals surface area (Å²) in [5.41, 5.74) is 3.83. The number of nitrogens with zero attached hydrogens (tertiary/aromatic N) is 2. The van der Waals surface area contributed by atoms with Crippen molar-refractivity contribution in [3.05, 3.63) is 59.2 Å². The van der Waals surface area contributed by atoms with Crippen molar-refractivity contribution in [1.29, 1.82) is 0 Å². The van der Waals surface area contributed by atoms with Gasteiger partial charge in [0.1, 0.15) is 11.6 Å². The van der Waals surface area contributed by atoms with Gasteiger partial charge in [0.25, 0.3) is 5.91 Å². The van der Waals surface area contributed by atoms with Crippen LogP contribution >= 0.6 is 0 Å². The number of aromatic hydroxyl groups is 1. The largest absolute Gasteiger partial charge is 0.507 e. The summed E-state index contributed by atoms with van der Waals surface area (Å²) in [5, 5.41) is 19.1. The van der Waals surface area contributed by atoms with E-state index < -0.39 is 0 Å². The van der Waals surface area contributed by atoms with Gasteiger partial charge in [-0.2, -0.15) is 0 Å². The maximum absolute atomic E-state index is 13.4. The fraction of sp³-hybridized carbons (Fsp3) is 0.500. The number of rotatable bonds is 5. The van der Waals surface area contributed by atoms with Crippen molar-refractivity contribution >= 4 is 28.3 Å². The van der Waals surface area contributed by atoms with Crippen LogP contribution in [0.3, 0.4) is 0 Å². The number of amides is 1. The van der Waals surface area contributed by atoms with Crippen LogP contribution in [0, 0.1) is 0 Å². The first-order valence-corrected chi connectivity index (χ1v) is 13.8. The average molecular weight is 517 g/mol. The average Bonchev–Trinajstić information content (AvgIpc) is 2.83. The molecule has 0 bridgehead atoms. The zero-order chi connectivity index (χ0) is 27.8.